The maximum Gasteiger partial charge on any atom is 0.282 e. The molecule has 0 aliphatic heterocycles. The molecule has 0 bridgehead atoms. The molecule has 0 spiro atoms. The van der Waals surface area contributed by atoms with Crippen LogP contribution in [-0.4, -0.2) is 31.4 Å². The standard InChI is InChI=1S/C18H12Cl2F3N3O.C18H12F5N3O/c1-26-8-11(16(25-26)17(22)23)18(27)24-15-10(3-2-4-14(15)21)9-5-6-12(19)13(20)7-9;1-26-8-11(16(25-26)17(22)23)18(27)24-15-5-3-2-4-9(15)10-6-13(20)14(21)7-12(10)19/h2*2-8,17H,1H3,(H,24,27). The topological polar surface area (TPSA) is 93.8 Å². The number of amides is 2. The summed E-state index contributed by atoms with van der Waals surface area (Å²) in [6.45, 7) is 0. The van der Waals surface area contributed by atoms with Gasteiger partial charge >= 0.3 is 0 Å². The SMILES string of the molecule is Cn1cc(C(=O)Nc2c(F)cccc2-c2ccc(Cl)c(Cl)c2)c(C(F)F)n1.Cn1cc(C(=O)Nc2ccccc2-c2cc(F)c(F)cc2F)c(C(F)F)n1. The summed E-state index contributed by atoms with van der Waals surface area (Å²) in [6.07, 6.45) is -3.64. The second kappa shape index (κ2) is 16.5. The van der Waals surface area contributed by atoms with E-state index < -0.39 is 59.3 Å². The molecule has 0 saturated carbocycles. The minimum atomic E-state index is -2.97. The summed E-state index contributed by atoms with van der Waals surface area (Å²) in [4.78, 5) is 24.9. The van der Waals surface area contributed by atoms with Crippen LogP contribution in [0, 0.1) is 23.3 Å². The molecule has 280 valence electrons. The van der Waals surface area contributed by atoms with Crippen LogP contribution in [0.15, 0.2) is 85.2 Å². The molecule has 6 aromatic rings. The molecule has 54 heavy (non-hydrogen) atoms. The van der Waals surface area contributed by atoms with Gasteiger partial charge in [-0.3, -0.25) is 19.0 Å². The number of halogens is 10. The third kappa shape index (κ3) is 8.72. The van der Waals surface area contributed by atoms with Gasteiger partial charge < -0.3 is 10.6 Å². The fourth-order valence-electron chi connectivity index (χ4n) is 5.17. The summed E-state index contributed by atoms with van der Waals surface area (Å²) in [7, 11) is 2.79. The van der Waals surface area contributed by atoms with Gasteiger partial charge in [-0.05, 0) is 35.9 Å². The van der Waals surface area contributed by atoms with Crippen molar-refractivity contribution in [3.8, 4) is 22.3 Å². The van der Waals surface area contributed by atoms with Crippen molar-refractivity contribution in [1.29, 1.82) is 0 Å². The van der Waals surface area contributed by atoms with E-state index in [1.54, 1.807) is 12.1 Å². The highest BCUT2D eigenvalue weighted by Gasteiger charge is 2.26. The summed E-state index contributed by atoms with van der Waals surface area (Å²) >= 11 is 11.9. The third-order valence-corrected chi connectivity index (χ3v) is 8.31. The highest BCUT2D eigenvalue weighted by molar-refractivity contribution is 6.42. The van der Waals surface area contributed by atoms with Crippen molar-refractivity contribution in [3.05, 3.63) is 141 Å². The highest BCUT2D eigenvalue weighted by atomic mass is 35.5. The van der Waals surface area contributed by atoms with Gasteiger partial charge in [-0.25, -0.2) is 35.1 Å². The summed E-state index contributed by atoms with van der Waals surface area (Å²) in [5.74, 6) is -6.17. The van der Waals surface area contributed by atoms with E-state index >= 15 is 0 Å². The average Bonchev–Trinajstić information content (AvgIpc) is 3.72. The number of anilines is 2. The minimum Gasteiger partial charge on any atom is -0.321 e. The fraction of sp³-hybridized carbons (Fsp3) is 0.111. The third-order valence-electron chi connectivity index (χ3n) is 7.58. The van der Waals surface area contributed by atoms with Gasteiger partial charge in [0.25, 0.3) is 24.7 Å². The molecule has 2 aromatic heterocycles. The van der Waals surface area contributed by atoms with Crippen molar-refractivity contribution in [1.82, 2.24) is 19.6 Å². The zero-order valence-corrected chi connectivity index (χ0v) is 29.1. The largest absolute Gasteiger partial charge is 0.321 e. The molecule has 2 heterocycles. The number of aromatic nitrogens is 4. The van der Waals surface area contributed by atoms with Gasteiger partial charge in [0.05, 0.1) is 26.9 Å². The average molecular weight is 796 g/mol. The second-order valence-corrected chi connectivity index (χ2v) is 12.1. The second-order valence-electron chi connectivity index (χ2n) is 11.3. The van der Waals surface area contributed by atoms with E-state index in [0.717, 1.165) is 27.8 Å². The number of rotatable bonds is 8. The van der Waals surface area contributed by atoms with Crippen LogP contribution < -0.4 is 10.6 Å². The minimum absolute atomic E-state index is 0.0384. The summed E-state index contributed by atoms with van der Waals surface area (Å²) in [6, 6.07) is 15.6. The first-order chi connectivity index (χ1) is 25.5. The van der Waals surface area contributed by atoms with Crippen LogP contribution in [0.5, 0.6) is 0 Å². The van der Waals surface area contributed by atoms with Crippen molar-refractivity contribution >= 4 is 46.4 Å². The Labute approximate surface area is 310 Å². The number of nitrogens with zero attached hydrogens (tertiary/aromatic N) is 4. The molecular weight excluding hydrogens is 771 g/mol. The van der Waals surface area contributed by atoms with E-state index in [1.807, 2.05) is 0 Å². The zero-order chi connectivity index (χ0) is 39.4. The van der Waals surface area contributed by atoms with E-state index in [-0.39, 0.29) is 38.7 Å². The molecule has 2 amide bonds. The number of aryl methyl sites for hydroxylation is 2. The van der Waals surface area contributed by atoms with Gasteiger partial charge in [-0.15, -0.1) is 0 Å². The maximum atomic E-state index is 14.4. The lowest BCUT2D eigenvalue weighted by Crippen LogP contribution is -2.15. The molecule has 0 aliphatic carbocycles. The number of benzene rings is 4. The van der Waals surface area contributed by atoms with Crippen molar-refractivity contribution in [2.45, 2.75) is 12.9 Å². The molecule has 0 unspecified atom stereocenters. The van der Waals surface area contributed by atoms with Gasteiger partial charge in [0.1, 0.15) is 23.0 Å². The summed E-state index contributed by atoms with van der Waals surface area (Å²) < 4.78 is 110. The van der Waals surface area contributed by atoms with Crippen molar-refractivity contribution < 1.29 is 44.7 Å². The maximum absolute atomic E-state index is 14.4. The molecule has 0 atom stereocenters. The quantitative estimate of drug-likeness (QED) is 0.119. The van der Waals surface area contributed by atoms with Crippen LogP contribution >= 0.6 is 23.2 Å². The Hall–Kier alpha value is -5.74. The lowest BCUT2D eigenvalue weighted by molar-refractivity contribution is 0.100. The first-order valence-electron chi connectivity index (χ1n) is 15.3. The number of hydrogen-bond donors (Lipinski definition) is 2. The van der Waals surface area contributed by atoms with E-state index in [1.165, 1.54) is 56.6 Å². The van der Waals surface area contributed by atoms with Gasteiger partial charge in [0.15, 0.2) is 11.6 Å². The van der Waals surface area contributed by atoms with Crippen molar-refractivity contribution in [3.63, 3.8) is 0 Å². The molecule has 0 radical (unpaired) electrons. The van der Waals surface area contributed by atoms with Gasteiger partial charge in [-0.1, -0.05) is 59.6 Å². The van der Waals surface area contributed by atoms with E-state index in [9.17, 15) is 44.7 Å². The number of hydrogen-bond acceptors (Lipinski definition) is 4. The van der Waals surface area contributed by atoms with E-state index in [4.69, 9.17) is 23.2 Å². The summed E-state index contributed by atoms with van der Waals surface area (Å²) in [5.41, 5.74) is -1.60. The molecule has 0 saturated heterocycles. The molecule has 2 N–H and O–H groups in total. The Morgan fingerprint density at radius 3 is 1.76 bits per heavy atom. The Balaban J connectivity index is 0.000000208. The van der Waals surface area contributed by atoms with Crippen molar-refractivity contribution in [2.24, 2.45) is 14.1 Å². The lowest BCUT2D eigenvalue weighted by Gasteiger charge is -2.13. The Morgan fingerprint density at radius 1 is 0.611 bits per heavy atom. The predicted octanol–water partition coefficient (Wildman–Crippen LogP) is 10.4. The lowest BCUT2D eigenvalue weighted by atomic mass is 10.0. The molecule has 8 nitrogen and oxygen atoms in total. The van der Waals surface area contributed by atoms with Gasteiger partial charge in [-0.2, -0.15) is 10.2 Å². The van der Waals surface area contributed by atoms with Crippen LogP contribution in [0.2, 0.25) is 10.0 Å². The van der Waals surface area contributed by atoms with Crippen LogP contribution in [0.1, 0.15) is 45.0 Å². The smallest absolute Gasteiger partial charge is 0.282 e. The highest BCUT2D eigenvalue weighted by Crippen LogP contribution is 2.35. The molecule has 18 heteroatoms. The van der Waals surface area contributed by atoms with Crippen LogP contribution in [0.4, 0.5) is 46.5 Å². The number of carbonyl (C=O) groups excluding carboxylic acids is 2. The number of alkyl halides is 4. The first kappa shape index (κ1) is 39.5. The van der Waals surface area contributed by atoms with Gasteiger partial charge in [0.2, 0.25) is 0 Å². The number of carbonyl (C=O) groups is 2. The van der Waals surface area contributed by atoms with Gasteiger partial charge in [0, 0.05) is 54.9 Å². The van der Waals surface area contributed by atoms with E-state index in [2.05, 4.69) is 20.8 Å². The summed E-state index contributed by atoms with van der Waals surface area (Å²) in [5, 5.41) is 12.4. The van der Waals surface area contributed by atoms with Crippen LogP contribution in [-0.2, 0) is 14.1 Å². The molecule has 6 rings (SSSR count). The van der Waals surface area contributed by atoms with Crippen molar-refractivity contribution in [2.75, 3.05) is 10.6 Å². The normalized spacial score (nSPS) is 11.1. The molecule has 0 aliphatic rings. The number of nitrogens with one attached hydrogen (secondary N) is 2. The Morgan fingerprint density at radius 2 is 1.17 bits per heavy atom. The fourth-order valence-corrected chi connectivity index (χ4v) is 5.46. The molecule has 0 fully saturated rings. The van der Waals surface area contributed by atoms with Crippen LogP contribution in [0.25, 0.3) is 22.3 Å². The monoisotopic (exact) mass is 794 g/mol. The molecular formula is C36H24Cl2F8N6O2. The van der Waals surface area contributed by atoms with Crippen LogP contribution in [0.3, 0.4) is 0 Å². The first-order valence-corrected chi connectivity index (χ1v) is 16.0. The van der Waals surface area contributed by atoms with E-state index in [0.29, 0.717) is 28.3 Å². The predicted molar refractivity (Wildman–Crippen MR) is 186 cm³/mol. The zero-order valence-electron chi connectivity index (χ0n) is 27.6. The number of para-hydroxylation sites is 2. The Bertz CT molecular complexity index is 2370. The Kier molecular flexibility index (Phi) is 12.1. The molecule has 4 aromatic carbocycles.